The SMILES string of the molecule is O=C(O)C1(c2cccc(Cl)c2F)CCOCC1. The van der Waals surface area contributed by atoms with Crippen LogP contribution in [-0.4, -0.2) is 24.3 Å². The normalized spacial score (nSPS) is 18.9. The predicted octanol–water partition coefficient (Wildman–Crippen LogP) is 2.61. The van der Waals surface area contributed by atoms with Gasteiger partial charge in [-0.1, -0.05) is 23.7 Å². The second-order valence-electron chi connectivity index (χ2n) is 4.10. The summed E-state index contributed by atoms with van der Waals surface area (Å²) in [4.78, 5) is 11.5. The van der Waals surface area contributed by atoms with Crippen LogP contribution in [0.15, 0.2) is 18.2 Å². The van der Waals surface area contributed by atoms with Crippen LogP contribution in [0.4, 0.5) is 4.39 Å². The first-order valence-corrected chi connectivity index (χ1v) is 5.71. The van der Waals surface area contributed by atoms with E-state index < -0.39 is 17.2 Å². The van der Waals surface area contributed by atoms with Crippen LogP contribution in [-0.2, 0) is 14.9 Å². The third-order valence-corrected chi connectivity index (χ3v) is 3.51. The number of hydrogen-bond donors (Lipinski definition) is 1. The Morgan fingerprint density at radius 2 is 2.06 bits per heavy atom. The van der Waals surface area contributed by atoms with Crippen molar-refractivity contribution < 1.29 is 19.0 Å². The number of ether oxygens (including phenoxy) is 1. The largest absolute Gasteiger partial charge is 0.481 e. The van der Waals surface area contributed by atoms with Gasteiger partial charge in [0.2, 0.25) is 0 Å². The van der Waals surface area contributed by atoms with E-state index in [1.807, 2.05) is 0 Å². The monoisotopic (exact) mass is 258 g/mol. The first kappa shape index (κ1) is 12.3. The van der Waals surface area contributed by atoms with Gasteiger partial charge in [-0.3, -0.25) is 4.79 Å². The summed E-state index contributed by atoms with van der Waals surface area (Å²) >= 11 is 5.70. The standard InChI is InChI=1S/C12H12ClFO3/c13-9-3-1-2-8(10(9)14)12(11(15)16)4-6-17-7-5-12/h1-3H,4-7H2,(H,15,16). The van der Waals surface area contributed by atoms with Gasteiger partial charge in [-0.2, -0.15) is 0 Å². The molecule has 1 saturated heterocycles. The van der Waals surface area contributed by atoms with Crippen LogP contribution < -0.4 is 0 Å². The van der Waals surface area contributed by atoms with Gasteiger partial charge in [0, 0.05) is 18.8 Å². The molecular weight excluding hydrogens is 247 g/mol. The molecule has 0 bridgehead atoms. The molecule has 0 atom stereocenters. The molecule has 5 heteroatoms. The Morgan fingerprint density at radius 1 is 1.41 bits per heavy atom. The van der Waals surface area contributed by atoms with E-state index in [0.29, 0.717) is 13.2 Å². The number of rotatable bonds is 2. The maximum atomic E-state index is 14.0. The van der Waals surface area contributed by atoms with E-state index in [9.17, 15) is 14.3 Å². The Kier molecular flexibility index (Phi) is 3.35. The van der Waals surface area contributed by atoms with Crippen molar-refractivity contribution in [2.24, 2.45) is 0 Å². The molecule has 92 valence electrons. The summed E-state index contributed by atoms with van der Waals surface area (Å²) in [5.41, 5.74) is -1.06. The molecule has 0 aliphatic carbocycles. The Balaban J connectivity index is 2.53. The minimum atomic E-state index is -1.22. The molecule has 0 unspecified atom stereocenters. The van der Waals surface area contributed by atoms with Gasteiger partial charge < -0.3 is 9.84 Å². The molecule has 1 aromatic carbocycles. The molecule has 2 rings (SSSR count). The van der Waals surface area contributed by atoms with Gasteiger partial charge in [-0.25, -0.2) is 4.39 Å². The van der Waals surface area contributed by atoms with Crippen molar-refractivity contribution in [1.29, 1.82) is 0 Å². The van der Waals surface area contributed by atoms with E-state index in [1.165, 1.54) is 12.1 Å². The fraction of sp³-hybridized carbons (Fsp3) is 0.417. The number of benzene rings is 1. The Labute approximate surface area is 103 Å². The van der Waals surface area contributed by atoms with Crippen LogP contribution in [0.3, 0.4) is 0 Å². The first-order chi connectivity index (χ1) is 8.08. The summed E-state index contributed by atoms with van der Waals surface area (Å²) in [6.07, 6.45) is 0.527. The number of halogens is 2. The minimum absolute atomic E-state index is 0.0467. The number of carboxylic acid groups (broad SMARTS) is 1. The van der Waals surface area contributed by atoms with Crippen molar-refractivity contribution >= 4 is 17.6 Å². The average Bonchev–Trinajstić information content (AvgIpc) is 2.33. The highest BCUT2D eigenvalue weighted by molar-refractivity contribution is 6.30. The summed E-state index contributed by atoms with van der Waals surface area (Å²) in [6, 6.07) is 4.47. The topological polar surface area (TPSA) is 46.5 Å². The maximum Gasteiger partial charge on any atom is 0.314 e. The van der Waals surface area contributed by atoms with Gasteiger partial charge in [0.25, 0.3) is 0 Å². The molecule has 1 fully saturated rings. The third kappa shape index (κ3) is 2.03. The van der Waals surface area contributed by atoms with E-state index in [0.717, 1.165) is 0 Å². The first-order valence-electron chi connectivity index (χ1n) is 5.33. The second-order valence-corrected chi connectivity index (χ2v) is 4.51. The molecular formula is C12H12ClFO3. The lowest BCUT2D eigenvalue weighted by Crippen LogP contribution is -2.42. The molecule has 1 aliphatic heterocycles. The molecule has 1 N–H and O–H groups in total. The van der Waals surface area contributed by atoms with E-state index in [1.54, 1.807) is 6.07 Å². The average molecular weight is 259 g/mol. The molecule has 3 nitrogen and oxygen atoms in total. The van der Waals surface area contributed by atoms with Crippen LogP contribution in [0.5, 0.6) is 0 Å². The molecule has 17 heavy (non-hydrogen) atoms. The third-order valence-electron chi connectivity index (χ3n) is 3.22. The molecule has 0 spiro atoms. The lowest BCUT2D eigenvalue weighted by Gasteiger charge is -2.33. The summed E-state index contributed by atoms with van der Waals surface area (Å²) in [7, 11) is 0. The zero-order valence-corrected chi connectivity index (χ0v) is 9.84. The number of carboxylic acids is 1. The van der Waals surface area contributed by atoms with Crippen molar-refractivity contribution in [3.05, 3.63) is 34.6 Å². The van der Waals surface area contributed by atoms with Crippen molar-refractivity contribution in [3.63, 3.8) is 0 Å². The number of carbonyl (C=O) groups is 1. The van der Waals surface area contributed by atoms with Crippen LogP contribution in [0.1, 0.15) is 18.4 Å². The van der Waals surface area contributed by atoms with E-state index in [-0.39, 0.29) is 23.4 Å². The van der Waals surface area contributed by atoms with Crippen molar-refractivity contribution in [2.45, 2.75) is 18.3 Å². The lowest BCUT2D eigenvalue weighted by molar-refractivity contribution is -0.148. The van der Waals surface area contributed by atoms with E-state index in [2.05, 4.69) is 0 Å². The highest BCUT2D eigenvalue weighted by Crippen LogP contribution is 2.38. The van der Waals surface area contributed by atoms with Crippen molar-refractivity contribution in [3.8, 4) is 0 Å². The Morgan fingerprint density at radius 3 is 2.65 bits per heavy atom. The molecule has 0 amide bonds. The Bertz CT molecular complexity index is 441. The second kappa shape index (κ2) is 4.63. The number of hydrogen-bond acceptors (Lipinski definition) is 2. The molecule has 0 saturated carbocycles. The Hall–Kier alpha value is -1.13. The van der Waals surface area contributed by atoms with Gasteiger partial charge in [0.15, 0.2) is 0 Å². The smallest absolute Gasteiger partial charge is 0.314 e. The fourth-order valence-electron chi connectivity index (χ4n) is 2.19. The highest BCUT2D eigenvalue weighted by Gasteiger charge is 2.44. The van der Waals surface area contributed by atoms with Crippen LogP contribution in [0, 0.1) is 5.82 Å². The summed E-state index contributed by atoms with van der Waals surface area (Å²) in [6.45, 7) is 0.635. The molecule has 0 radical (unpaired) electrons. The van der Waals surface area contributed by atoms with Gasteiger partial charge in [-0.05, 0) is 18.9 Å². The van der Waals surface area contributed by atoms with Gasteiger partial charge in [0.1, 0.15) is 5.82 Å². The van der Waals surface area contributed by atoms with Crippen LogP contribution >= 0.6 is 11.6 Å². The lowest BCUT2D eigenvalue weighted by atomic mass is 9.74. The minimum Gasteiger partial charge on any atom is -0.481 e. The van der Waals surface area contributed by atoms with E-state index >= 15 is 0 Å². The molecule has 1 aromatic rings. The summed E-state index contributed by atoms with van der Waals surface area (Å²) in [5, 5.41) is 9.35. The molecule has 1 heterocycles. The number of aliphatic carboxylic acids is 1. The van der Waals surface area contributed by atoms with Crippen LogP contribution in [0.2, 0.25) is 5.02 Å². The predicted molar refractivity (Wildman–Crippen MR) is 60.8 cm³/mol. The van der Waals surface area contributed by atoms with E-state index in [4.69, 9.17) is 16.3 Å². The van der Waals surface area contributed by atoms with Crippen LogP contribution in [0.25, 0.3) is 0 Å². The van der Waals surface area contributed by atoms with Gasteiger partial charge in [-0.15, -0.1) is 0 Å². The van der Waals surface area contributed by atoms with Gasteiger partial charge >= 0.3 is 5.97 Å². The highest BCUT2D eigenvalue weighted by atomic mass is 35.5. The van der Waals surface area contributed by atoms with Gasteiger partial charge in [0.05, 0.1) is 10.4 Å². The van der Waals surface area contributed by atoms with Crippen molar-refractivity contribution in [2.75, 3.05) is 13.2 Å². The maximum absolute atomic E-state index is 14.0. The van der Waals surface area contributed by atoms with Crippen molar-refractivity contribution in [1.82, 2.24) is 0 Å². The zero-order valence-electron chi connectivity index (χ0n) is 9.08. The fourth-order valence-corrected chi connectivity index (χ4v) is 2.37. The summed E-state index contributed by atoms with van der Waals surface area (Å²) < 4.78 is 19.1. The molecule has 1 aliphatic rings. The molecule has 0 aromatic heterocycles. The zero-order chi connectivity index (χ0) is 12.5. The quantitative estimate of drug-likeness (QED) is 0.887. The summed E-state index contributed by atoms with van der Waals surface area (Å²) in [5.74, 6) is -1.67.